The van der Waals surface area contributed by atoms with Gasteiger partial charge in [0.25, 0.3) is 0 Å². The van der Waals surface area contributed by atoms with Gasteiger partial charge in [-0.25, -0.2) is 4.79 Å². The van der Waals surface area contributed by atoms with Crippen molar-refractivity contribution in [3.63, 3.8) is 0 Å². The molecule has 0 saturated carbocycles. The number of aliphatic imine (C=N–C) groups is 1. The number of guanidine groups is 1. The summed E-state index contributed by atoms with van der Waals surface area (Å²) in [6.45, 7) is 17.6. The molecule has 1 fully saturated rings. The van der Waals surface area contributed by atoms with Gasteiger partial charge in [-0.05, 0) is 41.0 Å². The third kappa shape index (κ3) is 10.7. The van der Waals surface area contributed by atoms with Gasteiger partial charge in [0.05, 0.1) is 19.8 Å². The Kier molecular flexibility index (Phi) is 11.2. The average molecular weight is 400 g/mol. The average Bonchev–Trinajstić information content (AvgIpc) is 2.62. The zero-order chi connectivity index (χ0) is 21.0. The smallest absolute Gasteiger partial charge is 0.407 e. The fourth-order valence-electron chi connectivity index (χ4n) is 2.97. The molecule has 1 rings (SSSR count). The van der Waals surface area contributed by atoms with E-state index in [9.17, 15) is 4.79 Å². The molecule has 0 aliphatic carbocycles. The Labute approximate surface area is 170 Å². The summed E-state index contributed by atoms with van der Waals surface area (Å²) < 4.78 is 10.8. The lowest BCUT2D eigenvalue weighted by Crippen LogP contribution is -2.48. The molecule has 28 heavy (non-hydrogen) atoms. The van der Waals surface area contributed by atoms with Gasteiger partial charge in [0.1, 0.15) is 5.60 Å². The normalized spacial score (nSPS) is 18.3. The molecular weight excluding hydrogens is 358 g/mol. The Morgan fingerprint density at radius 1 is 1.21 bits per heavy atom. The molecule has 0 spiro atoms. The van der Waals surface area contributed by atoms with Crippen LogP contribution in [0.5, 0.6) is 0 Å². The molecular formula is C20H41N5O3. The topological polar surface area (TPSA) is 87.2 Å². The van der Waals surface area contributed by atoms with Crippen LogP contribution in [0.15, 0.2) is 4.99 Å². The van der Waals surface area contributed by atoms with Gasteiger partial charge in [-0.2, -0.15) is 0 Å². The maximum atomic E-state index is 12.1. The Morgan fingerprint density at radius 2 is 1.89 bits per heavy atom. The Morgan fingerprint density at radius 3 is 2.46 bits per heavy atom. The summed E-state index contributed by atoms with van der Waals surface area (Å²) >= 11 is 0. The maximum absolute atomic E-state index is 12.1. The first-order valence-electron chi connectivity index (χ1n) is 10.6. The first-order chi connectivity index (χ1) is 13.2. The molecule has 8 heteroatoms. The molecule has 1 aliphatic rings. The van der Waals surface area contributed by atoms with E-state index in [4.69, 9.17) is 14.5 Å². The Balaban J connectivity index is 2.55. The predicted molar refractivity (Wildman–Crippen MR) is 114 cm³/mol. The van der Waals surface area contributed by atoms with Gasteiger partial charge in [0.15, 0.2) is 5.96 Å². The zero-order valence-electron chi connectivity index (χ0n) is 18.6. The van der Waals surface area contributed by atoms with Crippen LogP contribution < -0.4 is 16.0 Å². The fraction of sp³-hybridized carbons (Fsp3) is 0.900. The summed E-state index contributed by atoms with van der Waals surface area (Å²) in [5, 5.41) is 9.60. The van der Waals surface area contributed by atoms with Crippen LogP contribution in [0.3, 0.4) is 0 Å². The number of nitrogens with zero attached hydrogens (tertiary/aromatic N) is 2. The van der Waals surface area contributed by atoms with Crippen molar-refractivity contribution in [1.29, 1.82) is 0 Å². The van der Waals surface area contributed by atoms with E-state index in [1.807, 2.05) is 27.7 Å². The highest BCUT2D eigenvalue weighted by Crippen LogP contribution is 2.07. The predicted octanol–water partition coefficient (Wildman–Crippen LogP) is 1.96. The van der Waals surface area contributed by atoms with Crippen LogP contribution in [0, 0.1) is 0 Å². The largest absolute Gasteiger partial charge is 0.444 e. The number of rotatable bonds is 9. The molecule has 0 radical (unpaired) electrons. The molecule has 1 aliphatic heterocycles. The lowest BCUT2D eigenvalue weighted by molar-refractivity contribution is 0.0220. The quantitative estimate of drug-likeness (QED) is 0.406. The van der Waals surface area contributed by atoms with E-state index in [1.165, 1.54) is 0 Å². The first-order valence-corrected chi connectivity index (χ1v) is 10.6. The second kappa shape index (κ2) is 12.8. The Hall–Kier alpha value is -1.54. The maximum Gasteiger partial charge on any atom is 0.407 e. The molecule has 3 N–H and O–H groups in total. The number of carbonyl (C=O) groups excluding carboxylic acids is 1. The van der Waals surface area contributed by atoms with E-state index in [-0.39, 0.29) is 12.1 Å². The summed E-state index contributed by atoms with van der Waals surface area (Å²) in [5.74, 6) is 0.773. The molecule has 2 unspecified atom stereocenters. The van der Waals surface area contributed by atoms with E-state index in [2.05, 4.69) is 34.7 Å². The zero-order valence-corrected chi connectivity index (χ0v) is 18.6. The monoisotopic (exact) mass is 399 g/mol. The van der Waals surface area contributed by atoms with Gasteiger partial charge in [-0.1, -0.05) is 13.3 Å². The lowest BCUT2D eigenvalue weighted by atomic mass is 10.1. The van der Waals surface area contributed by atoms with Gasteiger partial charge in [-0.15, -0.1) is 0 Å². The number of hydrogen-bond donors (Lipinski definition) is 3. The highest BCUT2D eigenvalue weighted by atomic mass is 16.6. The summed E-state index contributed by atoms with van der Waals surface area (Å²) in [7, 11) is 0. The molecule has 8 nitrogen and oxygen atoms in total. The van der Waals surface area contributed by atoms with Crippen LogP contribution in [0.1, 0.15) is 54.4 Å². The summed E-state index contributed by atoms with van der Waals surface area (Å²) in [6, 6.07) is 0.353. The molecule has 2 atom stereocenters. The van der Waals surface area contributed by atoms with Crippen molar-refractivity contribution in [1.82, 2.24) is 20.9 Å². The van der Waals surface area contributed by atoms with Crippen molar-refractivity contribution in [3.8, 4) is 0 Å². The van der Waals surface area contributed by atoms with E-state index in [1.54, 1.807) is 0 Å². The number of carbonyl (C=O) groups is 1. The minimum absolute atomic E-state index is 0.0135. The minimum Gasteiger partial charge on any atom is -0.444 e. The van der Waals surface area contributed by atoms with Crippen LogP contribution in [0.25, 0.3) is 0 Å². The number of ether oxygens (including phenoxy) is 2. The van der Waals surface area contributed by atoms with Gasteiger partial charge in [0.2, 0.25) is 0 Å². The van der Waals surface area contributed by atoms with E-state index in [0.717, 1.165) is 51.6 Å². The molecule has 0 bridgehead atoms. The van der Waals surface area contributed by atoms with Crippen molar-refractivity contribution < 1.29 is 14.3 Å². The third-order valence-corrected chi connectivity index (χ3v) is 4.40. The number of morpholine rings is 1. The van der Waals surface area contributed by atoms with Crippen molar-refractivity contribution in [2.24, 2.45) is 4.99 Å². The highest BCUT2D eigenvalue weighted by Gasteiger charge is 2.20. The van der Waals surface area contributed by atoms with Crippen molar-refractivity contribution in [2.45, 2.75) is 72.1 Å². The summed E-state index contributed by atoms with van der Waals surface area (Å²) in [5.41, 5.74) is -0.500. The van der Waals surface area contributed by atoms with Crippen LogP contribution in [0.4, 0.5) is 4.79 Å². The van der Waals surface area contributed by atoms with Crippen LogP contribution >= 0.6 is 0 Å². The van der Waals surface area contributed by atoms with Crippen LogP contribution in [-0.4, -0.2) is 80.6 Å². The van der Waals surface area contributed by atoms with Crippen molar-refractivity contribution in [2.75, 3.05) is 45.9 Å². The van der Waals surface area contributed by atoms with Gasteiger partial charge in [0, 0.05) is 38.3 Å². The number of amides is 1. The molecule has 0 aromatic rings. The second-order valence-corrected chi connectivity index (χ2v) is 8.23. The molecule has 1 amide bonds. The van der Waals surface area contributed by atoms with E-state index >= 15 is 0 Å². The highest BCUT2D eigenvalue weighted by molar-refractivity contribution is 5.79. The van der Waals surface area contributed by atoms with Crippen LogP contribution in [0.2, 0.25) is 0 Å². The summed E-state index contributed by atoms with van der Waals surface area (Å²) in [6.07, 6.45) is 1.47. The standard InChI is InChI=1S/C20H41N5O3/c1-7-9-17(24-19(26)28-20(4,5)6)15-23-18(21-8-2)22-14-16(3)25-10-12-27-13-11-25/h16-17H,7-15H2,1-6H3,(H,24,26)(H2,21,22,23). The SMILES string of the molecule is CCCC(CNC(=NCC(C)N1CCOCC1)NCC)NC(=O)OC(C)(C)C. The number of hydrogen-bond acceptors (Lipinski definition) is 5. The number of alkyl carbamates (subject to hydrolysis) is 1. The van der Waals surface area contributed by atoms with Gasteiger partial charge < -0.3 is 25.4 Å². The Bertz CT molecular complexity index is 473. The molecule has 1 saturated heterocycles. The summed E-state index contributed by atoms with van der Waals surface area (Å²) in [4.78, 5) is 19.2. The van der Waals surface area contributed by atoms with Crippen LogP contribution in [-0.2, 0) is 9.47 Å². The molecule has 164 valence electrons. The molecule has 0 aromatic carbocycles. The van der Waals surface area contributed by atoms with Crippen molar-refractivity contribution >= 4 is 12.1 Å². The third-order valence-electron chi connectivity index (χ3n) is 4.40. The van der Waals surface area contributed by atoms with Gasteiger partial charge >= 0.3 is 6.09 Å². The lowest BCUT2D eigenvalue weighted by Gasteiger charge is -2.31. The first kappa shape index (κ1) is 24.5. The second-order valence-electron chi connectivity index (χ2n) is 8.23. The minimum atomic E-state index is -0.500. The number of nitrogens with one attached hydrogen (secondary N) is 3. The van der Waals surface area contributed by atoms with Crippen molar-refractivity contribution in [3.05, 3.63) is 0 Å². The van der Waals surface area contributed by atoms with E-state index < -0.39 is 5.60 Å². The van der Waals surface area contributed by atoms with Gasteiger partial charge in [-0.3, -0.25) is 9.89 Å². The molecule has 1 heterocycles. The molecule has 0 aromatic heterocycles. The van der Waals surface area contributed by atoms with E-state index in [0.29, 0.717) is 19.1 Å². The fourth-order valence-corrected chi connectivity index (χ4v) is 2.97.